The van der Waals surface area contributed by atoms with Crippen LogP contribution in [-0.4, -0.2) is 73.5 Å². The van der Waals surface area contributed by atoms with Crippen LogP contribution in [0.15, 0.2) is 0 Å². The summed E-state index contributed by atoms with van der Waals surface area (Å²) in [6, 6.07) is 0. The zero-order valence-electron chi connectivity index (χ0n) is 15.2. The molecule has 0 heterocycles. The van der Waals surface area contributed by atoms with Gasteiger partial charge < -0.3 is 18.9 Å². The van der Waals surface area contributed by atoms with Gasteiger partial charge in [0.1, 0.15) is 12.7 Å². The first kappa shape index (κ1) is 30.0. The SMILES string of the molecule is CC(OC(=O)C(F)(F)F)C(OC(=O)C(F)(F)F)C(COC(=O)C(F)(F)F)OC(=O)C(F)(F)F. The number of esters is 4. The summed E-state index contributed by atoms with van der Waals surface area (Å²) in [5.74, 6) is -13.1. The van der Waals surface area contributed by atoms with Crippen molar-refractivity contribution in [3.63, 3.8) is 0 Å². The molecule has 192 valence electrons. The molecule has 3 atom stereocenters. The summed E-state index contributed by atoms with van der Waals surface area (Å²) in [5.41, 5.74) is 0. The molecule has 0 bridgehead atoms. The highest BCUT2D eigenvalue weighted by Crippen LogP contribution is 2.26. The zero-order chi connectivity index (χ0) is 26.6. The summed E-state index contributed by atoms with van der Waals surface area (Å²) in [6.07, 6.45) is -33.1. The Labute approximate surface area is 172 Å². The average Bonchev–Trinajstić information content (AvgIpc) is 2.59. The largest absolute Gasteiger partial charge is 0.490 e. The Balaban J connectivity index is 6.16. The van der Waals surface area contributed by atoms with Crippen LogP contribution in [0.1, 0.15) is 6.92 Å². The molecule has 0 N–H and O–H groups in total. The first-order chi connectivity index (χ1) is 14.5. The van der Waals surface area contributed by atoms with Crippen molar-refractivity contribution in [2.75, 3.05) is 6.61 Å². The summed E-state index contributed by atoms with van der Waals surface area (Å²) in [7, 11) is 0. The van der Waals surface area contributed by atoms with E-state index < -0.39 is 73.5 Å². The third kappa shape index (κ3) is 10.0. The standard InChI is InChI=1S/C13H8F12O8/c1-3(31-7(27)11(17,18)19)5(33-9(29)13(23,24)25)4(32-8(28)12(20,21)22)2-30-6(26)10(14,15)16/h3-5H,2H2,1H3. The fourth-order valence-electron chi connectivity index (χ4n) is 1.61. The fraction of sp³-hybridized carbons (Fsp3) is 0.692. The number of hydrogen-bond donors (Lipinski definition) is 0. The van der Waals surface area contributed by atoms with Crippen LogP contribution in [-0.2, 0) is 38.1 Å². The molecule has 20 heteroatoms. The minimum atomic E-state index is -5.99. The number of halogens is 12. The zero-order valence-corrected chi connectivity index (χ0v) is 15.2. The molecule has 0 saturated heterocycles. The van der Waals surface area contributed by atoms with Crippen molar-refractivity contribution in [2.45, 2.75) is 49.9 Å². The topological polar surface area (TPSA) is 105 Å². The molecule has 0 fully saturated rings. The van der Waals surface area contributed by atoms with Gasteiger partial charge in [-0.25, -0.2) is 19.2 Å². The minimum Gasteiger partial charge on any atom is -0.455 e. The molecule has 0 aromatic rings. The van der Waals surface area contributed by atoms with Gasteiger partial charge in [0.25, 0.3) is 0 Å². The van der Waals surface area contributed by atoms with E-state index in [4.69, 9.17) is 0 Å². The molecule has 0 aromatic carbocycles. The highest BCUT2D eigenvalue weighted by molar-refractivity contribution is 5.78. The summed E-state index contributed by atoms with van der Waals surface area (Å²) >= 11 is 0. The number of carbonyl (C=O) groups excluding carboxylic acids is 4. The summed E-state index contributed by atoms with van der Waals surface area (Å²) in [4.78, 5) is 43.5. The van der Waals surface area contributed by atoms with Crippen LogP contribution in [0.4, 0.5) is 52.7 Å². The molecule has 0 amide bonds. The van der Waals surface area contributed by atoms with Crippen molar-refractivity contribution in [1.82, 2.24) is 0 Å². The smallest absolute Gasteiger partial charge is 0.455 e. The van der Waals surface area contributed by atoms with Crippen LogP contribution in [0.25, 0.3) is 0 Å². The molecule has 8 nitrogen and oxygen atoms in total. The molecular formula is C13H8F12O8. The van der Waals surface area contributed by atoms with Crippen molar-refractivity contribution in [3.05, 3.63) is 0 Å². The highest BCUT2D eigenvalue weighted by Gasteiger charge is 2.51. The molecule has 0 aliphatic carbocycles. The van der Waals surface area contributed by atoms with E-state index in [9.17, 15) is 71.9 Å². The molecule has 3 unspecified atom stereocenters. The summed E-state index contributed by atoms with van der Waals surface area (Å²) < 4.78 is 162. The molecular weight excluding hydrogens is 512 g/mol. The van der Waals surface area contributed by atoms with Gasteiger partial charge >= 0.3 is 48.6 Å². The molecule has 0 spiro atoms. The van der Waals surface area contributed by atoms with Crippen LogP contribution in [0.5, 0.6) is 0 Å². The average molecular weight is 520 g/mol. The van der Waals surface area contributed by atoms with Gasteiger partial charge in [0, 0.05) is 0 Å². The van der Waals surface area contributed by atoms with Crippen molar-refractivity contribution < 1.29 is 90.8 Å². The van der Waals surface area contributed by atoms with E-state index in [1.54, 1.807) is 0 Å². The van der Waals surface area contributed by atoms with Gasteiger partial charge in [-0.15, -0.1) is 0 Å². The molecule has 33 heavy (non-hydrogen) atoms. The molecule has 0 radical (unpaired) electrons. The predicted molar refractivity (Wildman–Crippen MR) is 70.5 cm³/mol. The van der Waals surface area contributed by atoms with E-state index in [1.807, 2.05) is 0 Å². The summed E-state index contributed by atoms with van der Waals surface area (Å²) in [6.45, 7) is -2.05. The quantitative estimate of drug-likeness (QED) is 0.287. The highest BCUT2D eigenvalue weighted by atomic mass is 19.4. The first-order valence-corrected chi connectivity index (χ1v) is 7.55. The van der Waals surface area contributed by atoms with Gasteiger partial charge in [0.15, 0.2) is 12.2 Å². The monoisotopic (exact) mass is 520 g/mol. The molecule has 0 rings (SSSR count). The first-order valence-electron chi connectivity index (χ1n) is 7.55. The van der Waals surface area contributed by atoms with Crippen molar-refractivity contribution in [1.29, 1.82) is 0 Å². The molecule has 0 aliphatic heterocycles. The third-order valence-corrected chi connectivity index (χ3v) is 2.93. The second kappa shape index (κ2) is 10.3. The van der Waals surface area contributed by atoms with E-state index in [2.05, 4.69) is 18.9 Å². The Hall–Kier alpha value is -2.96. The van der Waals surface area contributed by atoms with Crippen LogP contribution in [0.2, 0.25) is 0 Å². The van der Waals surface area contributed by atoms with Gasteiger partial charge in [-0.1, -0.05) is 0 Å². The second-order valence-corrected chi connectivity index (χ2v) is 5.51. The Morgan fingerprint density at radius 1 is 0.576 bits per heavy atom. The number of rotatable bonds is 7. The lowest BCUT2D eigenvalue weighted by atomic mass is 10.1. The van der Waals surface area contributed by atoms with Gasteiger partial charge in [-0.05, 0) is 6.92 Å². The van der Waals surface area contributed by atoms with Gasteiger partial charge in [-0.2, -0.15) is 52.7 Å². The van der Waals surface area contributed by atoms with Crippen LogP contribution < -0.4 is 0 Å². The minimum absolute atomic E-state index is 0.179. The predicted octanol–water partition coefficient (Wildman–Crippen LogP) is 2.53. The van der Waals surface area contributed by atoms with Crippen molar-refractivity contribution in [3.8, 4) is 0 Å². The van der Waals surface area contributed by atoms with Gasteiger partial charge in [0.05, 0.1) is 0 Å². The van der Waals surface area contributed by atoms with Crippen LogP contribution in [0, 0.1) is 0 Å². The van der Waals surface area contributed by atoms with Crippen molar-refractivity contribution >= 4 is 23.9 Å². The maximum Gasteiger partial charge on any atom is 0.490 e. The third-order valence-electron chi connectivity index (χ3n) is 2.93. The Bertz CT molecular complexity index is 736. The van der Waals surface area contributed by atoms with Crippen molar-refractivity contribution in [2.24, 2.45) is 0 Å². The lowest BCUT2D eigenvalue weighted by Crippen LogP contribution is -2.50. The van der Waals surface area contributed by atoms with E-state index in [0.717, 1.165) is 0 Å². The van der Waals surface area contributed by atoms with Gasteiger partial charge in [0.2, 0.25) is 0 Å². The van der Waals surface area contributed by atoms with Crippen LogP contribution >= 0.6 is 0 Å². The Morgan fingerprint density at radius 3 is 1.27 bits per heavy atom. The lowest BCUT2D eigenvalue weighted by molar-refractivity contribution is -0.239. The normalized spacial score (nSPS) is 15.7. The van der Waals surface area contributed by atoms with Crippen LogP contribution in [0.3, 0.4) is 0 Å². The number of ether oxygens (including phenoxy) is 4. The van der Waals surface area contributed by atoms with E-state index >= 15 is 0 Å². The van der Waals surface area contributed by atoms with E-state index in [1.165, 1.54) is 0 Å². The number of hydrogen-bond acceptors (Lipinski definition) is 8. The second-order valence-electron chi connectivity index (χ2n) is 5.51. The summed E-state index contributed by atoms with van der Waals surface area (Å²) in [5, 5.41) is 0. The Morgan fingerprint density at radius 2 is 0.909 bits per heavy atom. The Kier molecular flexibility index (Phi) is 9.39. The van der Waals surface area contributed by atoms with E-state index in [-0.39, 0.29) is 6.92 Å². The molecule has 0 aromatic heterocycles. The maximum absolute atomic E-state index is 12.4. The maximum atomic E-state index is 12.4. The fourth-order valence-corrected chi connectivity index (χ4v) is 1.61. The number of alkyl halides is 12. The number of carbonyl (C=O) groups is 4. The van der Waals surface area contributed by atoms with E-state index in [0.29, 0.717) is 0 Å². The molecule has 0 saturated carbocycles. The molecule has 0 aliphatic rings. The van der Waals surface area contributed by atoms with Gasteiger partial charge in [-0.3, -0.25) is 0 Å². The lowest BCUT2D eigenvalue weighted by Gasteiger charge is -2.31.